The first-order chi connectivity index (χ1) is 10.7. The predicted molar refractivity (Wildman–Crippen MR) is 86.5 cm³/mol. The summed E-state index contributed by atoms with van der Waals surface area (Å²) >= 11 is 0. The van der Waals surface area contributed by atoms with E-state index in [0.717, 1.165) is 23.3 Å². The molecule has 0 radical (unpaired) electrons. The largest absolute Gasteiger partial charge is 0.358 e. The topological polar surface area (TPSA) is 73.6 Å². The maximum absolute atomic E-state index is 12.1. The molecular formula is C17H20N4O. The van der Waals surface area contributed by atoms with E-state index < -0.39 is 0 Å². The van der Waals surface area contributed by atoms with Crippen molar-refractivity contribution >= 4 is 16.8 Å². The standard InChI is InChI=1S/C17H20N4O/c1-12(8-15-10-18-11-20-15)17(22)19-7-6-14-9-13-4-2-3-5-16(13)21-14/h2-5,9-12,21H,6-8H2,1H3,(H,18,20)(H,19,22). The van der Waals surface area contributed by atoms with Gasteiger partial charge in [-0.1, -0.05) is 25.1 Å². The molecule has 1 atom stereocenters. The number of imidazole rings is 1. The Morgan fingerprint density at radius 3 is 2.95 bits per heavy atom. The molecule has 3 aromatic rings. The number of hydrogen-bond donors (Lipinski definition) is 3. The normalized spacial score (nSPS) is 12.4. The fraction of sp³-hybridized carbons (Fsp3) is 0.294. The predicted octanol–water partition coefficient (Wildman–Crippen LogP) is 2.43. The number of carbonyl (C=O) groups excluding carboxylic acids is 1. The highest BCUT2D eigenvalue weighted by molar-refractivity contribution is 5.80. The summed E-state index contributed by atoms with van der Waals surface area (Å²) in [4.78, 5) is 22.4. The molecule has 0 saturated heterocycles. The van der Waals surface area contributed by atoms with E-state index >= 15 is 0 Å². The summed E-state index contributed by atoms with van der Waals surface area (Å²) in [6, 6.07) is 10.3. The van der Waals surface area contributed by atoms with Crippen LogP contribution in [0, 0.1) is 5.92 Å². The quantitative estimate of drug-likeness (QED) is 0.653. The van der Waals surface area contributed by atoms with Gasteiger partial charge in [-0.3, -0.25) is 4.79 Å². The smallest absolute Gasteiger partial charge is 0.223 e. The summed E-state index contributed by atoms with van der Waals surface area (Å²) in [6.07, 6.45) is 4.87. The number of carbonyl (C=O) groups is 1. The van der Waals surface area contributed by atoms with Crippen molar-refractivity contribution in [1.82, 2.24) is 20.3 Å². The summed E-state index contributed by atoms with van der Waals surface area (Å²) in [5, 5.41) is 4.20. The first-order valence-electron chi connectivity index (χ1n) is 7.54. The highest BCUT2D eigenvalue weighted by Gasteiger charge is 2.13. The van der Waals surface area contributed by atoms with E-state index in [2.05, 4.69) is 38.5 Å². The van der Waals surface area contributed by atoms with Gasteiger partial charge >= 0.3 is 0 Å². The minimum atomic E-state index is -0.0665. The lowest BCUT2D eigenvalue weighted by molar-refractivity contribution is -0.124. The molecule has 1 amide bonds. The van der Waals surface area contributed by atoms with Crippen LogP contribution in [0.4, 0.5) is 0 Å². The molecule has 1 unspecified atom stereocenters. The molecule has 22 heavy (non-hydrogen) atoms. The molecule has 5 heteroatoms. The summed E-state index contributed by atoms with van der Waals surface area (Å²) in [5.41, 5.74) is 3.26. The molecular weight excluding hydrogens is 276 g/mol. The number of benzene rings is 1. The third kappa shape index (κ3) is 3.36. The van der Waals surface area contributed by atoms with E-state index in [1.54, 1.807) is 12.5 Å². The molecule has 2 aromatic heterocycles. The molecule has 0 saturated carbocycles. The van der Waals surface area contributed by atoms with Crippen LogP contribution in [0.3, 0.4) is 0 Å². The zero-order valence-corrected chi connectivity index (χ0v) is 12.6. The van der Waals surface area contributed by atoms with Crippen LogP contribution in [0.5, 0.6) is 0 Å². The molecule has 0 aliphatic heterocycles. The number of rotatable bonds is 6. The van der Waals surface area contributed by atoms with Gasteiger partial charge < -0.3 is 15.3 Å². The fourth-order valence-corrected chi connectivity index (χ4v) is 2.58. The third-order valence-electron chi connectivity index (χ3n) is 3.81. The lowest BCUT2D eigenvalue weighted by Gasteiger charge is -2.10. The second-order valence-electron chi connectivity index (χ2n) is 5.60. The Morgan fingerprint density at radius 1 is 1.32 bits per heavy atom. The Labute approximate surface area is 129 Å². The van der Waals surface area contributed by atoms with Crippen LogP contribution in [0.15, 0.2) is 42.9 Å². The first kappa shape index (κ1) is 14.4. The van der Waals surface area contributed by atoms with Gasteiger partial charge in [0, 0.05) is 48.4 Å². The summed E-state index contributed by atoms with van der Waals surface area (Å²) < 4.78 is 0. The van der Waals surface area contributed by atoms with Crippen molar-refractivity contribution in [2.75, 3.05) is 6.54 Å². The number of hydrogen-bond acceptors (Lipinski definition) is 2. The van der Waals surface area contributed by atoms with E-state index in [1.165, 1.54) is 5.39 Å². The van der Waals surface area contributed by atoms with Gasteiger partial charge in [0.2, 0.25) is 5.91 Å². The van der Waals surface area contributed by atoms with Gasteiger partial charge in [-0.2, -0.15) is 0 Å². The molecule has 114 valence electrons. The van der Waals surface area contributed by atoms with Crippen molar-refractivity contribution in [2.24, 2.45) is 5.92 Å². The Bertz CT molecular complexity index is 712. The second kappa shape index (κ2) is 6.47. The number of amides is 1. The Kier molecular flexibility index (Phi) is 4.23. The Hall–Kier alpha value is -2.56. The van der Waals surface area contributed by atoms with Crippen molar-refractivity contribution in [3.63, 3.8) is 0 Å². The SMILES string of the molecule is CC(Cc1cnc[nH]1)C(=O)NCCc1cc2ccccc2[nH]1. The number of aromatic amines is 2. The van der Waals surface area contributed by atoms with Gasteiger partial charge in [0.15, 0.2) is 0 Å². The zero-order chi connectivity index (χ0) is 15.4. The zero-order valence-electron chi connectivity index (χ0n) is 12.6. The van der Waals surface area contributed by atoms with Crippen molar-refractivity contribution in [1.29, 1.82) is 0 Å². The summed E-state index contributed by atoms with van der Waals surface area (Å²) in [6.45, 7) is 2.57. The molecule has 0 aliphatic rings. The fourth-order valence-electron chi connectivity index (χ4n) is 2.58. The number of aromatic nitrogens is 3. The van der Waals surface area contributed by atoms with Crippen LogP contribution in [-0.4, -0.2) is 27.4 Å². The van der Waals surface area contributed by atoms with Crippen LogP contribution in [0.1, 0.15) is 18.3 Å². The van der Waals surface area contributed by atoms with Gasteiger partial charge in [0.1, 0.15) is 0 Å². The molecule has 0 fully saturated rings. The Morgan fingerprint density at radius 2 is 2.18 bits per heavy atom. The molecule has 1 aromatic carbocycles. The minimum Gasteiger partial charge on any atom is -0.358 e. The number of nitrogens with one attached hydrogen (secondary N) is 3. The van der Waals surface area contributed by atoms with Crippen LogP contribution in [0.2, 0.25) is 0 Å². The van der Waals surface area contributed by atoms with E-state index in [9.17, 15) is 4.79 Å². The van der Waals surface area contributed by atoms with Crippen LogP contribution in [0.25, 0.3) is 10.9 Å². The molecule has 3 rings (SSSR count). The minimum absolute atomic E-state index is 0.0665. The van der Waals surface area contributed by atoms with Gasteiger partial charge in [-0.25, -0.2) is 4.98 Å². The van der Waals surface area contributed by atoms with Crippen molar-refractivity contribution in [3.05, 3.63) is 54.2 Å². The molecule has 5 nitrogen and oxygen atoms in total. The molecule has 0 spiro atoms. The maximum Gasteiger partial charge on any atom is 0.223 e. The van der Waals surface area contributed by atoms with Gasteiger partial charge in [-0.15, -0.1) is 0 Å². The lowest BCUT2D eigenvalue weighted by atomic mass is 10.1. The summed E-state index contributed by atoms with van der Waals surface area (Å²) in [5.74, 6) is 0.00822. The number of nitrogens with zero attached hydrogens (tertiary/aromatic N) is 1. The lowest BCUT2D eigenvalue weighted by Crippen LogP contribution is -2.32. The maximum atomic E-state index is 12.1. The van der Waals surface area contributed by atoms with Crippen LogP contribution < -0.4 is 5.32 Å². The number of H-pyrrole nitrogens is 2. The second-order valence-corrected chi connectivity index (χ2v) is 5.60. The van der Waals surface area contributed by atoms with Crippen LogP contribution >= 0.6 is 0 Å². The van der Waals surface area contributed by atoms with Gasteiger partial charge in [0.25, 0.3) is 0 Å². The van der Waals surface area contributed by atoms with E-state index in [4.69, 9.17) is 0 Å². The van der Waals surface area contributed by atoms with Gasteiger partial charge in [-0.05, 0) is 17.5 Å². The molecule has 0 bridgehead atoms. The van der Waals surface area contributed by atoms with Crippen molar-refractivity contribution in [2.45, 2.75) is 19.8 Å². The van der Waals surface area contributed by atoms with E-state index in [0.29, 0.717) is 13.0 Å². The van der Waals surface area contributed by atoms with Gasteiger partial charge in [0.05, 0.1) is 6.33 Å². The van der Waals surface area contributed by atoms with Crippen molar-refractivity contribution in [3.8, 4) is 0 Å². The number of fused-ring (bicyclic) bond motifs is 1. The highest BCUT2D eigenvalue weighted by Crippen LogP contribution is 2.14. The Balaban J connectivity index is 1.48. The van der Waals surface area contributed by atoms with Crippen molar-refractivity contribution < 1.29 is 4.79 Å². The monoisotopic (exact) mass is 296 g/mol. The van der Waals surface area contributed by atoms with E-state index in [-0.39, 0.29) is 11.8 Å². The third-order valence-corrected chi connectivity index (χ3v) is 3.81. The molecule has 0 aliphatic carbocycles. The molecule has 2 heterocycles. The molecule has 3 N–H and O–H groups in total. The first-order valence-corrected chi connectivity index (χ1v) is 7.54. The summed E-state index contributed by atoms with van der Waals surface area (Å²) in [7, 11) is 0. The number of para-hydroxylation sites is 1. The average molecular weight is 296 g/mol. The highest BCUT2D eigenvalue weighted by atomic mass is 16.1. The average Bonchev–Trinajstić information content (AvgIpc) is 3.15. The van der Waals surface area contributed by atoms with Crippen LogP contribution in [-0.2, 0) is 17.6 Å². The van der Waals surface area contributed by atoms with E-state index in [1.807, 2.05) is 19.1 Å².